The molecule has 0 saturated carbocycles. The Hall–Kier alpha value is -2.90. The summed E-state index contributed by atoms with van der Waals surface area (Å²) in [6, 6.07) is 14.1. The van der Waals surface area contributed by atoms with Crippen molar-refractivity contribution in [2.75, 3.05) is 0 Å². The molecule has 2 aromatic heterocycles. The highest BCUT2D eigenvalue weighted by Gasteiger charge is 2.14. The molecule has 0 amide bonds. The number of hydrogen-bond acceptors (Lipinski definition) is 5. The molecule has 0 atom stereocenters. The SMILES string of the molecule is O=c1n(Cc2coc(-c3cccc(Cl)c3)n2)nnn1-c1ccccc1Cl. The van der Waals surface area contributed by atoms with Crippen LogP contribution in [0.15, 0.2) is 64.0 Å². The summed E-state index contributed by atoms with van der Waals surface area (Å²) in [5.41, 5.74) is 1.32. The smallest absolute Gasteiger partial charge is 0.368 e. The number of rotatable bonds is 4. The van der Waals surface area contributed by atoms with Crippen LogP contribution < -0.4 is 5.69 Å². The van der Waals surface area contributed by atoms with Crippen molar-refractivity contribution in [3.8, 4) is 17.1 Å². The van der Waals surface area contributed by atoms with E-state index in [1.165, 1.54) is 10.9 Å². The molecular formula is C17H11Cl2N5O2. The van der Waals surface area contributed by atoms with Crippen molar-refractivity contribution in [2.45, 2.75) is 6.54 Å². The molecule has 0 aliphatic carbocycles. The minimum absolute atomic E-state index is 0.118. The van der Waals surface area contributed by atoms with Gasteiger partial charge in [-0.05, 0) is 40.8 Å². The fourth-order valence-electron chi connectivity index (χ4n) is 2.44. The Kier molecular flexibility index (Phi) is 4.32. The number of oxazole rings is 1. The first kappa shape index (κ1) is 16.6. The van der Waals surface area contributed by atoms with E-state index in [2.05, 4.69) is 15.4 Å². The van der Waals surface area contributed by atoms with Crippen molar-refractivity contribution >= 4 is 23.2 Å². The van der Waals surface area contributed by atoms with Gasteiger partial charge in [0.1, 0.15) is 12.0 Å². The Bertz CT molecular complexity index is 1130. The number of halogens is 2. The Morgan fingerprint density at radius 1 is 1.04 bits per heavy atom. The predicted molar refractivity (Wildman–Crippen MR) is 96.7 cm³/mol. The van der Waals surface area contributed by atoms with Crippen LogP contribution in [0, 0.1) is 0 Å². The second-order valence-corrected chi connectivity index (χ2v) is 6.28. The van der Waals surface area contributed by atoms with Crippen LogP contribution in [0.5, 0.6) is 0 Å². The lowest BCUT2D eigenvalue weighted by molar-refractivity contribution is 0.567. The Balaban J connectivity index is 1.61. The molecule has 0 aliphatic rings. The third-order valence-corrected chi connectivity index (χ3v) is 4.21. The van der Waals surface area contributed by atoms with E-state index in [0.29, 0.717) is 27.3 Å². The summed E-state index contributed by atoms with van der Waals surface area (Å²) in [7, 11) is 0. The van der Waals surface area contributed by atoms with Crippen LogP contribution in [-0.2, 0) is 6.54 Å². The maximum absolute atomic E-state index is 12.5. The molecule has 0 aliphatic heterocycles. The van der Waals surface area contributed by atoms with E-state index in [9.17, 15) is 4.79 Å². The van der Waals surface area contributed by atoms with Gasteiger partial charge in [0.2, 0.25) is 5.89 Å². The summed E-state index contributed by atoms with van der Waals surface area (Å²) in [6.45, 7) is 0.118. The van der Waals surface area contributed by atoms with Crippen LogP contribution in [0.1, 0.15) is 5.69 Å². The van der Waals surface area contributed by atoms with Gasteiger partial charge in [-0.15, -0.1) is 0 Å². The number of benzene rings is 2. The second kappa shape index (κ2) is 6.78. The van der Waals surface area contributed by atoms with Gasteiger partial charge < -0.3 is 4.42 Å². The van der Waals surface area contributed by atoms with Gasteiger partial charge in [-0.3, -0.25) is 0 Å². The first-order valence-electron chi connectivity index (χ1n) is 7.60. The Labute approximate surface area is 157 Å². The van der Waals surface area contributed by atoms with Gasteiger partial charge in [0, 0.05) is 10.6 Å². The van der Waals surface area contributed by atoms with E-state index in [4.69, 9.17) is 27.6 Å². The van der Waals surface area contributed by atoms with Crippen LogP contribution in [-0.4, -0.2) is 24.8 Å². The molecule has 2 aromatic carbocycles. The molecule has 0 saturated heterocycles. The summed E-state index contributed by atoms with van der Waals surface area (Å²) in [5.74, 6) is 0.411. The monoisotopic (exact) mass is 387 g/mol. The maximum atomic E-state index is 12.5. The summed E-state index contributed by atoms with van der Waals surface area (Å²) < 4.78 is 7.79. The molecule has 2 heterocycles. The fourth-order valence-corrected chi connectivity index (χ4v) is 2.84. The topological polar surface area (TPSA) is 78.7 Å². The maximum Gasteiger partial charge on any atom is 0.368 e. The molecule has 4 aromatic rings. The highest BCUT2D eigenvalue weighted by Crippen LogP contribution is 2.22. The zero-order valence-electron chi connectivity index (χ0n) is 13.2. The van der Waals surface area contributed by atoms with Gasteiger partial charge in [0.05, 0.1) is 17.3 Å². The molecule has 26 heavy (non-hydrogen) atoms. The van der Waals surface area contributed by atoms with E-state index < -0.39 is 5.69 Å². The van der Waals surface area contributed by atoms with E-state index >= 15 is 0 Å². The van der Waals surface area contributed by atoms with Crippen LogP contribution >= 0.6 is 23.2 Å². The molecule has 0 bridgehead atoms. The van der Waals surface area contributed by atoms with Gasteiger partial charge in [-0.1, -0.05) is 41.4 Å². The molecule has 0 unspecified atom stereocenters. The summed E-state index contributed by atoms with van der Waals surface area (Å²) >= 11 is 12.1. The highest BCUT2D eigenvalue weighted by molar-refractivity contribution is 6.32. The lowest BCUT2D eigenvalue weighted by Gasteiger charge is -2.00. The molecule has 130 valence electrons. The zero-order chi connectivity index (χ0) is 18.1. The van der Waals surface area contributed by atoms with E-state index in [1.54, 1.807) is 42.5 Å². The lowest BCUT2D eigenvalue weighted by Crippen LogP contribution is -2.25. The molecule has 9 heteroatoms. The number of nitrogens with zero attached hydrogens (tertiary/aromatic N) is 5. The minimum atomic E-state index is -0.426. The normalized spacial score (nSPS) is 11.0. The van der Waals surface area contributed by atoms with Crippen molar-refractivity contribution in [1.29, 1.82) is 0 Å². The van der Waals surface area contributed by atoms with Gasteiger partial charge in [0.15, 0.2) is 0 Å². The Morgan fingerprint density at radius 2 is 1.88 bits per heavy atom. The first-order chi connectivity index (χ1) is 12.6. The van der Waals surface area contributed by atoms with Crippen molar-refractivity contribution in [2.24, 2.45) is 0 Å². The van der Waals surface area contributed by atoms with Crippen molar-refractivity contribution < 1.29 is 4.42 Å². The molecular weight excluding hydrogens is 377 g/mol. The van der Waals surface area contributed by atoms with Crippen LogP contribution in [0.3, 0.4) is 0 Å². The predicted octanol–water partition coefficient (Wildman–Crippen LogP) is 3.44. The molecule has 0 N–H and O–H groups in total. The Morgan fingerprint density at radius 3 is 2.69 bits per heavy atom. The van der Waals surface area contributed by atoms with Gasteiger partial charge in [-0.2, -0.15) is 9.36 Å². The quantitative estimate of drug-likeness (QED) is 0.535. The fraction of sp³-hybridized carbons (Fsp3) is 0.0588. The number of hydrogen-bond donors (Lipinski definition) is 0. The minimum Gasteiger partial charge on any atom is -0.444 e. The number of para-hydroxylation sites is 1. The van der Waals surface area contributed by atoms with Gasteiger partial charge >= 0.3 is 5.69 Å². The number of tetrazole rings is 1. The average Bonchev–Trinajstić information content (AvgIpc) is 3.24. The number of aromatic nitrogens is 5. The first-order valence-corrected chi connectivity index (χ1v) is 8.35. The molecule has 0 spiro atoms. The zero-order valence-corrected chi connectivity index (χ0v) is 14.7. The third-order valence-electron chi connectivity index (χ3n) is 3.66. The molecule has 0 fully saturated rings. The van der Waals surface area contributed by atoms with Crippen molar-refractivity contribution in [3.05, 3.63) is 81.0 Å². The second-order valence-electron chi connectivity index (χ2n) is 5.44. The van der Waals surface area contributed by atoms with E-state index in [1.807, 2.05) is 6.07 Å². The molecule has 4 rings (SSSR count). The van der Waals surface area contributed by atoms with E-state index in [-0.39, 0.29) is 6.54 Å². The van der Waals surface area contributed by atoms with Crippen molar-refractivity contribution in [1.82, 2.24) is 24.8 Å². The van der Waals surface area contributed by atoms with Gasteiger partial charge in [-0.25, -0.2) is 9.78 Å². The average molecular weight is 388 g/mol. The molecule has 7 nitrogen and oxygen atoms in total. The standard InChI is InChI=1S/C17H11Cl2N5O2/c18-12-5-3-4-11(8-12)16-20-13(10-26-16)9-23-17(25)24(22-21-23)15-7-2-1-6-14(15)19/h1-8,10H,9H2. The van der Waals surface area contributed by atoms with Gasteiger partial charge in [0.25, 0.3) is 0 Å². The lowest BCUT2D eigenvalue weighted by atomic mass is 10.2. The van der Waals surface area contributed by atoms with Crippen LogP contribution in [0.2, 0.25) is 10.0 Å². The molecule has 0 radical (unpaired) electrons. The van der Waals surface area contributed by atoms with Crippen molar-refractivity contribution in [3.63, 3.8) is 0 Å². The van der Waals surface area contributed by atoms with E-state index in [0.717, 1.165) is 10.2 Å². The highest BCUT2D eigenvalue weighted by atomic mass is 35.5. The summed E-state index contributed by atoms with van der Waals surface area (Å²) in [4.78, 5) is 16.9. The van der Waals surface area contributed by atoms with Crippen LogP contribution in [0.25, 0.3) is 17.1 Å². The third kappa shape index (κ3) is 3.14. The summed E-state index contributed by atoms with van der Waals surface area (Å²) in [5, 5.41) is 8.75. The van der Waals surface area contributed by atoms with Crippen LogP contribution in [0.4, 0.5) is 0 Å². The largest absolute Gasteiger partial charge is 0.444 e. The summed E-state index contributed by atoms with van der Waals surface area (Å²) in [6.07, 6.45) is 1.47.